The van der Waals surface area contributed by atoms with E-state index in [1.54, 1.807) is 7.11 Å². The number of aromatic nitrogens is 1. The van der Waals surface area contributed by atoms with Crippen LogP contribution in [0, 0.1) is 5.92 Å². The van der Waals surface area contributed by atoms with Crippen LogP contribution in [0.1, 0.15) is 35.0 Å². The number of nitrogens with zero attached hydrogens (tertiary/aromatic N) is 1. The van der Waals surface area contributed by atoms with Gasteiger partial charge in [-0.1, -0.05) is 25.1 Å². The molecule has 0 unspecified atom stereocenters. The van der Waals surface area contributed by atoms with Crippen molar-refractivity contribution in [3.63, 3.8) is 0 Å². The lowest BCUT2D eigenvalue weighted by Crippen LogP contribution is -2.31. The van der Waals surface area contributed by atoms with Gasteiger partial charge in [0, 0.05) is 24.7 Å². The van der Waals surface area contributed by atoms with Crippen molar-refractivity contribution in [1.82, 2.24) is 10.3 Å². The molecule has 138 valence electrons. The number of amides is 1. The Balaban J connectivity index is 1.84. The van der Waals surface area contributed by atoms with E-state index in [0.29, 0.717) is 24.6 Å². The number of nitrogens with one attached hydrogen (secondary N) is 1. The zero-order chi connectivity index (χ0) is 18.5. The SMILES string of the molecule is COCCNC(=O)COC(=O)c1c2c(nc3ccccc13)CC[C@H](C)C2. The third-order valence-corrected chi connectivity index (χ3v) is 4.67. The Hall–Kier alpha value is -2.47. The Morgan fingerprint density at radius 3 is 2.92 bits per heavy atom. The Kier molecular flexibility index (Phi) is 5.83. The Labute approximate surface area is 152 Å². The summed E-state index contributed by atoms with van der Waals surface area (Å²) in [5.41, 5.74) is 3.28. The normalized spacial score (nSPS) is 16.2. The number of carbonyl (C=O) groups is 2. The van der Waals surface area contributed by atoms with Crippen LogP contribution in [0.5, 0.6) is 0 Å². The molecule has 1 aromatic heterocycles. The summed E-state index contributed by atoms with van der Waals surface area (Å²) in [5.74, 6) is -0.304. The van der Waals surface area contributed by atoms with Crippen LogP contribution in [-0.2, 0) is 27.1 Å². The minimum Gasteiger partial charge on any atom is -0.452 e. The van der Waals surface area contributed by atoms with Crippen molar-refractivity contribution in [3.8, 4) is 0 Å². The molecule has 1 heterocycles. The van der Waals surface area contributed by atoms with Gasteiger partial charge in [0.25, 0.3) is 5.91 Å². The fourth-order valence-electron chi connectivity index (χ4n) is 3.34. The minimum atomic E-state index is -0.462. The van der Waals surface area contributed by atoms with Crippen molar-refractivity contribution in [2.45, 2.75) is 26.2 Å². The van der Waals surface area contributed by atoms with Gasteiger partial charge in [-0.25, -0.2) is 4.79 Å². The van der Waals surface area contributed by atoms with Gasteiger partial charge in [-0.2, -0.15) is 0 Å². The minimum absolute atomic E-state index is 0.302. The number of aryl methyl sites for hydroxylation is 1. The maximum atomic E-state index is 12.8. The summed E-state index contributed by atoms with van der Waals surface area (Å²) in [6, 6.07) is 7.58. The van der Waals surface area contributed by atoms with E-state index in [4.69, 9.17) is 14.5 Å². The van der Waals surface area contributed by atoms with Crippen LogP contribution >= 0.6 is 0 Å². The highest BCUT2D eigenvalue weighted by molar-refractivity contribution is 6.05. The fourth-order valence-corrected chi connectivity index (χ4v) is 3.34. The predicted octanol–water partition coefficient (Wildman–Crippen LogP) is 2.28. The molecule has 26 heavy (non-hydrogen) atoms. The van der Waals surface area contributed by atoms with Crippen molar-refractivity contribution < 1.29 is 19.1 Å². The highest BCUT2D eigenvalue weighted by Gasteiger charge is 2.26. The molecule has 1 aliphatic carbocycles. The van der Waals surface area contributed by atoms with E-state index in [1.807, 2.05) is 24.3 Å². The van der Waals surface area contributed by atoms with Gasteiger partial charge in [-0.05, 0) is 36.8 Å². The Bertz CT molecular complexity index is 819. The number of pyridine rings is 1. The Morgan fingerprint density at radius 1 is 1.31 bits per heavy atom. The van der Waals surface area contributed by atoms with Crippen LogP contribution < -0.4 is 5.32 Å². The van der Waals surface area contributed by atoms with E-state index in [1.165, 1.54) is 0 Å². The van der Waals surface area contributed by atoms with E-state index in [2.05, 4.69) is 12.2 Å². The summed E-state index contributed by atoms with van der Waals surface area (Å²) >= 11 is 0. The van der Waals surface area contributed by atoms with Crippen LogP contribution in [-0.4, -0.2) is 43.7 Å². The maximum Gasteiger partial charge on any atom is 0.339 e. The smallest absolute Gasteiger partial charge is 0.339 e. The second-order valence-corrected chi connectivity index (χ2v) is 6.70. The number of methoxy groups -OCH3 is 1. The zero-order valence-corrected chi connectivity index (χ0v) is 15.2. The van der Waals surface area contributed by atoms with Crippen molar-refractivity contribution in [2.75, 3.05) is 26.9 Å². The van der Waals surface area contributed by atoms with Gasteiger partial charge in [-0.3, -0.25) is 9.78 Å². The third-order valence-electron chi connectivity index (χ3n) is 4.67. The van der Waals surface area contributed by atoms with Crippen LogP contribution in [0.2, 0.25) is 0 Å². The van der Waals surface area contributed by atoms with Crippen LogP contribution in [0.3, 0.4) is 0 Å². The highest BCUT2D eigenvalue weighted by Crippen LogP contribution is 2.31. The van der Waals surface area contributed by atoms with E-state index in [9.17, 15) is 9.59 Å². The number of benzene rings is 1. The van der Waals surface area contributed by atoms with Crippen molar-refractivity contribution in [3.05, 3.63) is 41.1 Å². The molecule has 1 N–H and O–H groups in total. The average molecular weight is 356 g/mol. The van der Waals surface area contributed by atoms with Gasteiger partial charge in [0.2, 0.25) is 0 Å². The quantitative estimate of drug-likeness (QED) is 0.635. The average Bonchev–Trinajstić information content (AvgIpc) is 2.64. The molecule has 0 saturated carbocycles. The maximum absolute atomic E-state index is 12.8. The molecular weight excluding hydrogens is 332 g/mol. The van der Waals surface area contributed by atoms with Crippen molar-refractivity contribution >= 4 is 22.8 Å². The van der Waals surface area contributed by atoms with Gasteiger partial charge in [0.05, 0.1) is 17.7 Å². The molecule has 0 bridgehead atoms. The molecule has 6 nitrogen and oxygen atoms in total. The number of para-hydroxylation sites is 1. The number of esters is 1. The van der Waals surface area contributed by atoms with Crippen LogP contribution in [0.4, 0.5) is 0 Å². The summed E-state index contributed by atoms with van der Waals surface area (Å²) in [6.07, 6.45) is 2.73. The largest absolute Gasteiger partial charge is 0.452 e. The molecule has 3 rings (SSSR count). The molecule has 6 heteroatoms. The lowest BCUT2D eigenvalue weighted by Gasteiger charge is -2.24. The molecule has 0 saturated heterocycles. The molecule has 1 aromatic carbocycles. The molecule has 0 aliphatic heterocycles. The monoisotopic (exact) mass is 356 g/mol. The lowest BCUT2D eigenvalue weighted by molar-refractivity contribution is -0.124. The zero-order valence-electron chi connectivity index (χ0n) is 15.2. The molecule has 1 aliphatic rings. The molecule has 0 spiro atoms. The summed E-state index contributed by atoms with van der Waals surface area (Å²) < 4.78 is 10.2. The first-order chi connectivity index (χ1) is 12.6. The molecule has 2 aromatic rings. The van der Waals surface area contributed by atoms with Crippen molar-refractivity contribution in [1.29, 1.82) is 0 Å². The van der Waals surface area contributed by atoms with Crippen molar-refractivity contribution in [2.24, 2.45) is 5.92 Å². The first-order valence-corrected chi connectivity index (χ1v) is 8.93. The molecular formula is C20H24N2O4. The first-order valence-electron chi connectivity index (χ1n) is 8.93. The highest BCUT2D eigenvalue weighted by atomic mass is 16.5. The lowest BCUT2D eigenvalue weighted by atomic mass is 9.84. The van der Waals surface area contributed by atoms with Crippen LogP contribution in [0.25, 0.3) is 10.9 Å². The van der Waals surface area contributed by atoms with E-state index in [-0.39, 0.29) is 12.5 Å². The molecule has 0 radical (unpaired) electrons. The molecule has 1 atom stereocenters. The number of ether oxygens (including phenoxy) is 2. The van der Waals surface area contributed by atoms with Gasteiger partial charge >= 0.3 is 5.97 Å². The standard InChI is InChI=1S/C20H24N2O4/c1-13-7-8-17-15(11-13)19(14-5-3-4-6-16(14)22-17)20(24)26-12-18(23)21-9-10-25-2/h3-6,13H,7-12H2,1-2H3,(H,21,23)/t13-/m0/s1. The first kappa shape index (κ1) is 18.3. The number of hydrogen-bond donors (Lipinski definition) is 1. The van der Waals surface area contributed by atoms with E-state index in [0.717, 1.165) is 41.4 Å². The van der Waals surface area contributed by atoms with E-state index < -0.39 is 5.97 Å². The number of hydrogen-bond acceptors (Lipinski definition) is 5. The Morgan fingerprint density at radius 2 is 2.12 bits per heavy atom. The molecule has 0 fully saturated rings. The second kappa shape index (κ2) is 8.27. The summed E-state index contributed by atoms with van der Waals surface area (Å²) in [5, 5.41) is 3.43. The summed E-state index contributed by atoms with van der Waals surface area (Å²) in [7, 11) is 1.56. The third kappa shape index (κ3) is 4.02. The van der Waals surface area contributed by atoms with E-state index >= 15 is 0 Å². The van der Waals surface area contributed by atoms with Crippen LogP contribution in [0.15, 0.2) is 24.3 Å². The second-order valence-electron chi connectivity index (χ2n) is 6.70. The summed E-state index contributed by atoms with van der Waals surface area (Å²) in [4.78, 5) is 29.4. The predicted molar refractivity (Wildman–Crippen MR) is 98.1 cm³/mol. The van der Waals surface area contributed by atoms with Gasteiger partial charge in [0.1, 0.15) is 0 Å². The number of rotatable bonds is 6. The number of carbonyl (C=O) groups excluding carboxylic acids is 2. The van der Waals surface area contributed by atoms with Gasteiger partial charge < -0.3 is 14.8 Å². The van der Waals surface area contributed by atoms with Gasteiger partial charge in [0.15, 0.2) is 6.61 Å². The van der Waals surface area contributed by atoms with Gasteiger partial charge in [-0.15, -0.1) is 0 Å². The topological polar surface area (TPSA) is 77.5 Å². The fraction of sp³-hybridized carbons (Fsp3) is 0.450. The summed E-state index contributed by atoms with van der Waals surface area (Å²) in [6.45, 7) is 2.68. The number of fused-ring (bicyclic) bond motifs is 2. The molecule has 1 amide bonds.